The van der Waals surface area contributed by atoms with Crippen molar-refractivity contribution in [3.63, 3.8) is 0 Å². The minimum atomic E-state index is -0.934. The van der Waals surface area contributed by atoms with Gasteiger partial charge in [0.25, 0.3) is 11.6 Å². The molecule has 2 atom stereocenters. The Kier molecular flexibility index (Phi) is 7.12. The van der Waals surface area contributed by atoms with Crippen LogP contribution in [-0.2, 0) is 9.53 Å². The highest BCUT2D eigenvalue weighted by atomic mass is 16.6. The molecule has 1 aromatic carbocycles. The molecule has 1 aliphatic carbocycles. The quantitative estimate of drug-likeness (QED) is 0.378. The van der Waals surface area contributed by atoms with Crippen LogP contribution in [-0.4, -0.2) is 54.6 Å². The molecule has 0 spiro atoms. The van der Waals surface area contributed by atoms with Crippen LogP contribution in [0.2, 0.25) is 0 Å². The van der Waals surface area contributed by atoms with Crippen LogP contribution in [0.5, 0.6) is 11.5 Å². The third kappa shape index (κ3) is 4.66. The molecule has 2 aliphatic rings. The zero-order valence-electron chi connectivity index (χ0n) is 17.4. The Labute approximate surface area is 175 Å². The fraction of sp³-hybridized carbons (Fsp3) is 0.619. The van der Waals surface area contributed by atoms with E-state index in [1.165, 1.54) is 19.6 Å². The van der Waals surface area contributed by atoms with Crippen molar-refractivity contribution in [3.8, 4) is 11.5 Å². The minimum absolute atomic E-state index is 0.146. The van der Waals surface area contributed by atoms with Crippen molar-refractivity contribution in [3.05, 3.63) is 27.8 Å². The van der Waals surface area contributed by atoms with Gasteiger partial charge in [-0.05, 0) is 38.5 Å². The zero-order chi connectivity index (χ0) is 21.7. The zero-order valence-corrected chi connectivity index (χ0v) is 17.4. The third-order valence-corrected chi connectivity index (χ3v) is 5.89. The molecule has 9 heteroatoms. The van der Waals surface area contributed by atoms with E-state index in [0.717, 1.165) is 38.2 Å². The van der Waals surface area contributed by atoms with Gasteiger partial charge in [0.15, 0.2) is 18.1 Å². The van der Waals surface area contributed by atoms with Crippen molar-refractivity contribution < 1.29 is 28.7 Å². The van der Waals surface area contributed by atoms with Gasteiger partial charge in [-0.15, -0.1) is 0 Å². The van der Waals surface area contributed by atoms with E-state index in [9.17, 15) is 19.7 Å². The molecule has 9 nitrogen and oxygen atoms in total. The molecule has 2 fully saturated rings. The normalized spacial score (nSPS) is 20.8. The van der Waals surface area contributed by atoms with Gasteiger partial charge in [-0.1, -0.05) is 12.8 Å². The number of benzene rings is 1. The number of hydrogen-bond acceptors (Lipinski definition) is 7. The Morgan fingerprint density at radius 2 is 1.90 bits per heavy atom. The number of esters is 1. The molecule has 1 aliphatic heterocycles. The number of fused-ring (bicyclic) bond motifs is 1. The molecule has 1 heterocycles. The summed E-state index contributed by atoms with van der Waals surface area (Å²) in [5.41, 5.74) is -0.732. The van der Waals surface area contributed by atoms with Gasteiger partial charge in [0, 0.05) is 18.7 Å². The maximum Gasteiger partial charge on any atom is 0.345 e. The second-order valence-electron chi connectivity index (χ2n) is 7.63. The summed E-state index contributed by atoms with van der Waals surface area (Å²) in [7, 11) is 1.36. The maximum absolute atomic E-state index is 12.7. The molecule has 0 N–H and O–H groups in total. The molecule has 30 heavy (non-hydrogen) atoms. The fourth-order valence-electron chi connectivity index (χ4n) is 4.51. The lowest BCUT2D eigenvalue weighted by molar-refractivity contribution is -0.385. The molecule has 0 radical (unpaired) electrons. The lowest BCUT2D eigenvalue weighted by Crippen LogP contribution is -2.50. The second-order valence-corrected chi connectivity index (χ2v) is 7.63. The summed E-state index contributed by atoms with van der Waals surface area (Å²) in [5.74, 6) is -0.321. The van der Waals surface area contributed by atoms with Crippen molar-refractivity contribution in [1.29, 1.82) is 0 Å². The largest absolute Gasteiger partial charge is 0.493 e. The van der Waals surface area contributed by atoms with Gasteiger partial charge in [-0.2, -0.15) is 0 Å². The molecule has 1 saturated heterocycles. The number of methoxy groups -OCH3 is 1. The van der Waals surface area contributed by atoms with Gasteiger partial charge in [-0.25, -0.2) is 4.79 Å². The summed E-state index contributed by atoms with van der Waals surface area (Å²) in [6.07, 6.45) is 6.48. The van der Waals surface area contributed by atoms with Crippen LogP contribution in [0.3, 0.4) is 0 Å². The summed E-state index contributed by atoms with van der Waals surface area (Å²) < 4.78 is 15.7. The SMILES string of the molecule is CCOc1cc(C(=O)OCC(=O)N2CCC[C@H]3CCCC[C@@H]32)c([N+](=O)[O-])cc1OC. The summed E-state index contributed by atoms with van der Waals surface area (Å²) in [4.78, 5) is 37.9. The second kappa shape index (κ2) is 9.77. The van der Waals surface area contributed by atoms with Crippen LogP contribution >= 0.6 is 0 Å². The lowest BCUT2D eigenvalue weighted by Gasteiger charge is -2.44. The number of piperidine rings is 1. The Balaban J connectivity index is 1.72. The van der Waals surface area contributed by atoms with E-state index in [-0.39, 0.29) is 29.0 Å². The number of rotatable bonds is 7. The Hall–Kier alpha value is -2.84. The molecule has 1 amide bonds. The summed E-state index contributed by atoms with van der Waals surface area (Å²) in [5, 5.41) is 11.4. The van der Waals surface area contributed by atoms with Crippen LogP contribution in [0, 0.1) is 16.0 Å². The number of carbonyl (C=O) groups excluding carboxylic acids is 2. The highest BCUT2D eigenvalue weighted by molar-refractivity contribution is 5.96. The van der Waals surface area contributed by atoms with Crippen LogP contribution < -0.4 is 9.47 Å². The highest BCUT2D eigenvalue weighted by Gasteiger charge is 2.36. The van der Waals surface area contributed by atoms with E-state index in [2.05, 4.69) is 0 Å². The molecular formula is C21H28N2O7. The first-order chi connectivity index (χ1) is 14.5. The van der Waals surface area contributed by atoms with Crippen molar-refractivity contribution in [1.82, 2.24) is 4.90 Å². The van der Waals surface area contributed by atoms with Crippen LogP contribution in [0.4, 0.5) is 5.69 Å². The number of carbonyl (C=O) groups is 2. The van der Waals surface area contributed by atoms with Crippen LogP contribution in [0.25, 0.3) is 0 Å². The Bertz CT molecular complexity index is 809. The molecule has 1 aromatic rings. The van der Waals surface area contributed by atoms with Gasteiger partial charge >= 0.3 is 5.97 Å². The molecule has 0 unspecified atom stereocenters. The molecule has 0 bridgehead atoms. The number of hydrogen-bond donors (Lipinski definition) is 0. The van der Waals surface area contributed by atoms with Crippen LogP contribution in [0.15, 0.2) is 12.1 Å². The fourth-order valence-corrected chi connectivity index (χ4v) is 4.51. The van der Waals surface area contributed by atoms with Gasteiger partial charge in [-0.3, -0.25) is 14.9 Å². The molecule has 1 saturated carbocycles. The van der Waals surface area contributed by atoms with Crippen molar-refractivity contribution in [2.45, 2.75) is 51.5 Å². The number of nitro groups is 1. The number of likely N-dealkylation sites (tertiary alicyclic amines) is 1. The Morgan fingerprint density at radius 3 is 2.60 bits per heavy atom. The summed E-state index contributed by atoms with van der Waals surface area (Å²) in [6, 6.07) is 2.56. The standard InChI is InChI=1S/C21H28N2O7/c1-3-29-19-11-15(17(23(26)27)12-18(19)28-2)21(25)30-13-20(24)22-10-6-8-14-7-4-5-9-16(14)22/h11-12,14,16H,3-10,13H2,1-2H3/t14-,16+/m1/s1. The van der Waals surface area contributed by atoms with Crippen molar-refractivity contribution in [2.75, 3.05) is 26.9 Å². The summed E-state index contributed by atoms with van der Waals surface area (Å²) in [6.45, 7) is 2.26. The van der Waals surface area contributed by atoms with E-state index in [1.807, 2.05) is 4.90 Å². The minimum Gasteiger partial charge on any atom is -0.493 e. The van der Waals surface area contributed by atoms with Gasteiger partial charge < -0.3 is 19.1 Å². The van der Waals surface area contributed by atoms with E-state index in [0.29, 0.717) is 19.1 Å². The summed E-state index contributed by atoms with van der Waals surface area (Å²) >= 11 is 0. The molecule has 3 rings (SSSR count). The van der Waals surface area contributed by atoms with Gasteiger partial charge in [0.05, 0.1) is 24.7 Å². The molecule has 0 aromatic heterocycles. The third-order valence-electron chi connectivity index (χ3n) is 5.89. The van der Waals surface area contributed by atoms with E-state index in [4.69, 9.17) is 14.2 Å². The Morgan fingerprint density at radius 1 is 1.17 bits per heavy atom. The average Bonchev–Trinajstić information content (AvgIpc) is 2.76. The molecular weight excluding hydrogens is 392 g/mol. The number of nitrogens with zero attached hydrogens (tertiary/aromatic N) is 2. The first-order valence-corrected chi connectivity index (χ1v) is 10.4. The van der Waals surface area contributed by atoms with E-state index < -0.39 is 23.2 Å². The number of nitro benzene ring substituents is 1. The maximum atomic E-state index is 12.7. The van der Waals surface area contributed by atoms with Gasteiger partial charge in [0.1, 0.15) is 5.56 Å². The van der Waals surface area contributed by atoms with Crippen LogP contribution in [0.1, 0.15) is 55.8 Å². The van der Waals surface area contributed by atoms with Crippen molar-refractivity contribution in [2.24, 2.45) is 5.92 Å². The predicted molar refractivity (Wildman–Crippen MR) is 108 cm³/mol. The van der Waals surface area contributed by atoms with Crippen molar-refractivity contribution >= 4 is 17.6 Å². The lowest BCUT2D eigenvalue weighted by atomic mass is 9.78. The smallest absolute Gasteiger partial charge is 0.345 e. The predicted octanol–water partition coefficient (Wildman–Crippen LogP) is 3.34. The van der Waals surface area contributed by atoms with E-state index in [1.54, 1.807) is 6.92 Å². The topological polar surface area (TPSA) is 108 Å². The highest BCUT2D eigenvalue weighted by Crippen LogP contribution is 2.36. The average molecular weight is 420 g/mol. The van der Waals surface area contributed by atoms with Gasteiger partial charge in [0.2, 0.25) is 0 Å². The number of amides is 1. The first kappa shape index (κ1) is 21.9. The number of ether oxygens (including phenoxy) is 3. The monoisotopic (exact) mass is 420 g/mol. The van der Waals surface area contributed by atoms with E-state index >= 15 is 0 Å². The first-order valence-electron chi connectivity index (χ1n) is 10.4. The molecule has 164 valence electrons.